The lowest BCUT2D eigenvalue weighted by Crippen LogP contribution is -2.21. The van der Waals surface area contributed by atoms with Crippen molar-refractivity contribution in [3.05, 3.63) is 42.5 Å². The third-order valence-electron chi connectivity index (χ3n) is 2.23. The number of rotatable bonds is 4. The summed E-state index contributed by atoms with van der Waals surface area (Å²) in [5.74, 6) is -0.200. The molecule has 88 valence electrons. The quantitative estimate of drug-likeness (QED) is 0.788. The Bertz CT molecular complexity index is 477. The van der Waals surface area contributed by atoms with Crippen LogP contribution in [0.4, 0.5) is 5.69 Å². The van der Waals surface area contributed by atoms with Gasteiger partial charge in [0.25, 0.3) is 0 Å². The molecule has 0 saturated heterocycles. The number of hydrogen-bond acceptors (Lipinski definition) is 4. The van der Waals surface area contributed by atoms with Crippen molar-refractivity contribution in [1.82, 2.24) is 14.8 Å². The van der Waals surface area contributed by atoms with Crippen molar-refractivity contribution in [3.63, 3.8) is 0 Å². The first-order chi connectivity index (χ1) is 8.28. The first-order valence-corrected chi connectivity index (χ1v) is 5.19. The number of amides is 1. The Balaban J connectivity index is 2.00. The number of nitrogens with two attached hydrogens (primary N) is 1. The summed E-state index contributed by atoms with van der Waals surface area (Å²) in [7, 11) is 0. The van der Waals surface area contributed by atoms with Gasteiger partial charge in [-0.25, -0.2) is 9.67 Å². The Labute approximate surface area is 98.5 Å². The number of anilines is 1. The molecule has 1 aromatic carbocycles. The van der Waals surface area contributed by atoms with Gasteiger partial charge in [0.2, 0.25) is 5.91 Å². The summed E-state index contributed by atoms with van der Waals surface area (Å²) < 4.78 is 1.73. The first-order valence-electron chi connectivity index (χ1n) is 5.19. The second kappa shape index (κ2) is 5.22. The molecule has 0 bridgehead atoms. The summed E-state index contributed by atoms with van der Waals surface area (Å²) in [6.07, 6.45) is 3.15. The molecule has 1 aromatic heterocycles. The molecule has 1 heterocycles. The maximum absolute atomic E-state index is 11.1. The van der Waals surface area contributed by atoms with Gasteiger partial charge in [0.1, 0.15) is 12.7 Å². The van der Waals surface area contributed by atoms with Gasteiger partial charge in [-0.2, -0.15) is 5.10 Å². The summed E-state index contributed by atoms with van der Waals surface area (Å²) in [6, 6.07) is 7.52. The molecular formula is C11H13N5O. The van der Waals surface area contributed by atoms with Crippen molar-refractivity contribution in [2.24, 2.45) is 5.73 Å². The van der Waals surface area contributed by atoms with Crippen molar-refractivity contribution in [3.8, 4) is 0 Å². The van der Waals surface area contributed by atoms with Gasteiger partial charge in [-0.3, -0.25) is 4.79 Å². The summed E-state index contributed by atoms with van der Waals surface area (Å²) >= 11 is 0. The van der Waals surface area contributed by atoms with Crippen LogP contribution in [0.25, 0.3) is 0 Å². The van der Waals surface area contributed by atoms with Crippen molar-refractivity contribution >= 4 is 11.6 Å². The largest absolute Gasteiger partial charge is 0.325 e. The summed E-state index contributed by atoms with van der Waals surface area (Å²) in [6.45, 7) is 0.645. The van der Waals surface area contributed by atoms with Crippen LogP contribution in [0.5, 0.6) is 0 Å². The van der Waals surface area contributed by atoms with Gasteiger partial charge in [0.15, 0.2) is 0 Å². The van der Waals surface area contributed by atoms with E-state index < -0.39 is 0 Å². The van der Waals surface area contributed by atoms with E-state index in [-0.39, 0.29) is 12.5 Å². The van der Waals surface area contributed by atoms with Gasteiger partial charge in [0, 0.05) is 5.69 Å². The minimum absolute atomic E-state index is 0.0132. The van der Waals surface area contributed by atoms with E-state index in [2.05, 4.69) is 15.4 Å². The second-order valence-electron chi connectivity index (χ2n) is 3.54. The van der Waals surface area contributed by atoms with Crippen LogP contribution in [-0.2, 0) is 11.3 Å². The Morgan fingerprint density at radius 3 is 2.71 bits per heavy atom. The molecule has 0 unspecified atom stereocenters. The number of carbonyl (C=O) groups excluding carboxylic acids is 1. The average molecular weight is 231 g/mol. The standard InChI is InChI=1S/C11H13N5O/c12-5-11(17)15-10-3-1-9(2-4-10)6-16-8-13-7-14-16/h1-4,7-8H,5-6,12H2,(H,15,17). The molecular weight excluding hydrogens is 218 g/mol. The molecule has 0 aliphatic heterocycles. The molecule has 0 spiro atoms. The van der Waals surface area contributed by atoms with Crippen LogP contribution >= 0.6 is 0 Å². The van der Waals surface area contributed by atoms with Gasteiger partial charge in [-0.15, -0.1) is 0 Å². The molecule has 0 atom stereocenters. The number of nitrogens with zero attached hydrogens (tertiary/aromatic N) is 3. The highest BCUT2D eigenvalue weighted by Crippen LogP contribution is 2.10. The van der Waals surface area contributed by atoms with Crippen molar-refractivity contribution in [1.29, 1.82) is 0 Å². The molecule has 0 fully saturated rings. The topological polar surface area (TPSA) is 85.8 Å². The fourth-order valence-electron chi connectivity index (χ4n) is 1.41. The average Bonchev–Trinajstić information content (AvgIpc) is 2.84. The number of benzene rings is 1. The zero-order valence-electron chi connectivity index (χ0n) is 9.21. The minimum atomic E-state index is -0.200. The van der Waals surface area contributed by atoms with E-state index in [0.717, 1.165) is 11.3 Å². The molecule has 0 aliphatic rings. The van der Waals surface area contributed by atoms with E-state index in [9.17, 15) is 4.79 Å². The van der Waals surface area contributed by atoms with Gasteiger partial charge in [0.05, 0.1) is 13.1 Å². The molecule has 0 saturated carbocycles. The van der Waals surface area contributed by atoms with Crippen LogP contribution < -0.4 is 11.1 Å². The monoisotopic (exact) mass is 231 g/mol. The van der Waals surface area contributed by atoms with Gasteiger partial charge < -0.3 is 11.1 Å². The Hall–Kier alpha value is -2.21. The third kappa shape index (κ3) is 3.12. The van der Waals surface area contributed by atoms with Gasteiger partial charge in [-0.1, -0.05) is 12.1 Å². The van der Waals surface area contributed by atoms with E-state index >= 15 is 0 Å². The van der Waals surface area contributed by atoms with Crippen LogP contribution in [0.15, 0.2) is 36.9 Å². The smallest absolute Gasteiger partial charge is 0.238 e. The zero-order valence-corrected chi connectivity index (χ0v) is 9.21. The highest BCUT2D eigenvalue weighted by Gasteiger charge is 2.00. The van der Waals surface area contributed by atoms with Crippen molar-refractivity contribution in [2.75, 3.05) is 11.9 Å². The fraction of sp³-hybridized carbons (Fsp3) is 0.182. The molecule has 2 rings (SSSR count). The molecule has 3 N–H and O–H groups in total. The number of aromatic nitrogens is 3. The van der Waals surface area contributed by atoms with Crippen LogP contribution in [0.1, 0.15) is 5.56 Å². The Kier molecular flexibility index (Phi) is 3.46. The summed E-state index contributed by atoms with van der Waals surface area (Å²) in [4.78, 5) is 14.9. The molecule has 1 amide bonds. The lowest BCUT2D eigenvalue weighted by Gasteiger charge is -2.05. The number of carbonyl (C=O) groups is 1. The van der Waals surface area contributed by atoms with E-state index in [4.69, 9.17) is 5.73 Å². The van der Waals surface area contributed by atoms with Crippen molar-refractivity contribution in [2.45, 2.75) is 6.54 Å². The Morgan fingerprint density at radius 1 is 1.35 bits per heavy atom. The van der Waals surface area contributed by atoms with Crippen LogP contribution in [-0.4, -0.2) is 27.2 Å². The van der Waals surface area contributed by atoms with E-state index in [1.165, 1.54) is 6.33 Å². The SMILES string of the molecule is NCC(=O)Nc1ccc(Cn2cncn2)cc1. The lowest BCUT2D eigenvalue weighted by molar-refractivity contribution is -0.114. The molecule has 6 nitrogen and oxygen atoms in total. The van der Waals surface area contributed by atoms with Gasteiger partial charge >= 0.3 is 0 Å². The summed E-state index contributed by atoms with van der Waals surface area (Å²) in [5, 5.41) is 6.69. The predicted octanol–water partition coefficient (Wildman–Crippen LogP) is 0.224. The molecule has 6 heteroatoms. The highest BCUT2D eigenvalue weighted by atomic mass is 16.1. The Morgan fingerprint density at radius 2 is 2.12 bits per heavy atom. The van der Waals surface area contributed by atoms with Gasteiger partial charge in [-0.05, 0) is 17.7 Å². The number of hydrogen-bond donors (Lipinski definition) is 2. The molecule has 0 radical (unpaired) electrons. The highest BCUT2D eigenvalue weighted by molar-refractivity contribution is 5.92. The predicted molar refractivity (Wildman–Crippen MR) is 63.3 cm³/mol. The lowest BCUT2D eigenvalue weighted by atomic mass is 10.2. The zero-order chi connectivity index (χ0) is 12.1. The second-order valence-corrected chi connectivity index (χ2v) is 3.54. The fourth-order valence-corrected chi connectivity index (χ4v) is 1.41. The maximum atomic E-state index is 11.1. The van der Waals surface area contributed by atoms with Crippen LogP contribution in [0, 0.1) is 0 Å². The van der Waals surface area contributed by atoms with E-state index in [1.54, 1.807) is 11.0 Å². The molecule has 17 heavy (non-hydrogen) atoms. The van der Waals surface area contributed by atoms with E-state index in [1.807, 2.05) is 24.3 Å². The normalized spacial score (nSPS) is 10.2. The van der Waals surface area contributed by atoms with Crippen LogP contribution in [0.2, 0.25) is 0 Å². The maximum Gasteiger partial charge on any atom is 0.238 e. The first kappa shape index (κ1) is 11.3. The molecule has 0 aliphatic carbocycles. The minimum Gasteiger partial charge on any atom is -0.325 e. The van der Waals surface area contributed by atoms with E-state index in [0.29, 0.717) is 6.54 Å². The van der Waals surface area contributed by atoms with Crippen LogP contribution in [0.3, 0.4) is 0 Å². The third-order valence-corrected chi connectivity index (χ3v) is 2.23. The van der Waals surface area contributed by atoms with Crippen molar-refractivity contribution < 1.29 is 4.79 Å². The number of nitrogens with one attached hydrogen (secondary N) is 1. The molecule has 2 aromatic rings. The summed E-state index contributed by atoms with van der Waals surface area (Å²) in [5.41, 5.74) is 7.03.